The maximum absolute atomic E-state index is 5.05. The number of halogens is 1. The first-order chi connectivity index (χ1) is 1.73. The number of rotatable bonds is 0. The van der Waals surface area contributed by atoms with E-state index in [1.807, 2.05) is 0 Å². The van der Waals surface area contributed by atoms with Gasteiger partial charge in [-0.15, -0.1) is 11.6 Å². The minimum absolute atomic E-state index is 0.194. The predicted octanol–water partition coefficient (Wildman–Crippen LogP) is 0.530. The fourth-order valence-corrected chi connectivity index (χ4v) is 0. The van der Waals surface area contributed by atoms with E-state index in [0.717, 1.165) is 0 Å². The zero-order valence-corrected chi connectivity index (χ0v) is 3.29. The van der Waals surface area contributed by atoms with Gasteiger partial charge in [-0.05, 0) is 6.92 Å². The quantitative estimate of drug-likeness (QED) is 0.333. The first-order valence-electron chi connectivity index (χ1n) is 1.13. The Hall–Kier alpha value is 0.250. The SMILES string of the molecule is C[C@@H](N)Cl. The van der Waals surface area contributed by atoms with Crippen molar-refractivity contribution in [1.82, 2.24) is 0 Å². The summed E-state index contributed by atoms with van der Waals surface area (Å²) in [4.78, 5) is 0. The summed E-state index contributed by atoms with van der Waals surface area (Å²) in [7, 11) is 0. The maximum Gasteiger partial charge on any atom is 0.0771 e. The molecule has 0 aromatic heterocycles. The van der Waals surface area contributed by atoms with Gasteiger partial charge in [0, 0.05) is 0 Å². The van der Waals surface area contributed by atoms with Crippen molar-refractivity contribution < 1.29 is 0 Å². The smallest absolute Gasteiger partial charge is 0.0771 e. The summed E-state index contributed by atoms with van der Waals surface area (Å²) in [5, 5.41) is 0. The Bertz CT molecular complexity index is 10.8. The summed E-state index contributed by atoms with van der Waals surface area (Å²) in [6, 6.07) is 0. The molecule has 0 bridgehead atoms. The molecule has 1 nitrogen and oxygen atoms in total. The van der Waals surface area contributed by atoms with E-state index >= 15 is 0 Å². The molecular weight excluding hydrogens is 73.5 g/mol. The van der Waals surface area contributed by atoms with Crippen molar-refractivity contribution in [3.8, 4) is 0 Å². The molecule has 0 aliphatic rings. The van der Waals surface area contributed by atoms with E-state index in [4.69, 9.17) is 17.3 Å². The fourth-order valence-electron chi connectivity index (χ4n) is 0. The number of hydrogen-bond acceptors (Lipinski definition) is 1. The fraction of sp³-hybridized carbons (Fsp3) is 1.00. The summed E-state index contributed by atoms with van der Waals surface area (Å²) in [5.74, 6) is 0. The first-order valence-corrected chi connectivity index (χ1v) is 1.57. The first kappa shape index (κ1) is 4.25. The van der Waals surface area contributed by atoms with Crippen LogP contribution in [0, 0.1) is 0 Å². The molecule has 0 amide bonds. The van der Waals surface area contributed by atoms with Crippen molar-refractivity contribution in [3.63, 3.8) is 0 Å². The van der Waals surface area contributed by atoms with Crippen molar-refractivity contribution in [2.24, 2.45) is 5.73 Å². The minimum atomic E-state index is -0.194. The molecule has 0 heterocycles. The normalized spacial score (nSPS) is 15.8. The van der Waals surface area contributed by atoms with E-state index in [0.29, 0.717) is 0 Å². The second-order valence-corrected chi connectivity index (χ2v) is 1.37. The van der Waals surface area contributed by atoms with Gasteiger partial charge in [-0.1, -0.05) is 0 Å². The van der Waals surface area contributed by atoms with Crippen LogP contribution < -0.4 is 5.73 Å². The zero-order valence-electron chi connectivity index (χ0n) is 2.53. The van der Waals surface area contributed by atoms with Crippen molar-refractivity contribution in [1.29, 1.82) is 0 Å². The van der Waals surface area contributed by atoms with Crippen LogP contribution in [0.5, 0.6) is 0 Å². The number of alkyl halides is 1. The lowest BCUT2D eigenvalue weighted by molar-refractivity contribution is 1.03. The van der Waals surface area contributed by atoms with Gasteiger partial charge in [0.15, 0.2) is 0 Å². The molecule has 0 rings (SSSR count). The highest BCUT2D eigenvalue weighted by Crippen LogP contribution is 1.74. The highest BCUT2D eigenvalue weighted by molar-refractivity contribution is 6.19. The van der Waals surface area contributed by atoms with Crippen LogP contribution in [-0.2, 0) is 0 Å². The Morgan fingerprint density at radius 1 is 2.00 bits per heavy atom. The average molecular weight is 79.5 g/mol. The largest absolute Gasteiger partial charge is 0.316 e. The molecule has 2 heteroatoms. The van der Waals surface area contributed by atoms with E-state index in [-0.39, 0.29) is 5.50 Å². The van der Waals surface area contributed by atoms with Crippen molar-refractivity contribution in [3.05, 3.63) is 0 Å². The molecule has 0 saturated heterocycles. The van der Waals surface area contributed by atoms with Crippen LogP contribution in [0.25, 0.3) is 0 Å². The highest BCUT2D eigenvalue weighted by Gasteiger charge is 1.70. The lowest BCUT2D eigenvalue weighted by Crippen LogP contribution is -2.03. The zero-order chi connectivity index (χ0) is 3.58. The van der Waals surface area contributed by atoms with Gasteiger partial charge in [0.25, 0.3) is 0 Å². The van der Waals surface area contributed by atoms with Gasteiger partial charge >= 0.3 is 0 Å². The predicted molar refractivity (Wildman–Crippen MR) is 19.5 cm³/mol. The summed E-state index contributed by atoms with van der Waals surface area (Å²) in [6.07, 6.45) is 0. The highest BCUT2D eigenvalue weighted by atomic mass is 35.5. The van der Waals surface area contributed by atoms with E-state index < -0.39 is 0 Å². The van der Waals surface area contributed by atoms with E-state index in [1.54, 1.807) is 6.92 Å². The molecule has 4 heavy (non-hydrogen) atoms. The van der Waals surface area contributed by atoms with Gasteiger partial charge in [0.2, 0.25) is 0 Å². The van der Waals surface area contributed by atoms with Crippen LogP contribution in [0.4, 0.5) is 0 Å². The summed E-state index contributed by atoms with van der Waals surface area (Å²) in [6.45, 7) is 1.71. The molecule has 0 aliphatic heterocycles. The Morgan fingerprint density at radius 2 is 2.00 bits per heavy atom. The second kappa shape index (κ2) is 1.56. The summed E-state index contributed by atoms with van der Waals surface area (Å²) in [5.41, 5.74) is 4.68. The Labute approximate surface area is 30.7 Å². The maximum atomic E-state index is 5.05. The molecule has 0 spiro atoms. The van der Waals surface area contributed by atoms with Crippen molar-refractivity contribution in [2.75, 3.05) is 0 Å². The van der Waals surface area contributed by atoms with Crippen LogP contribution in [0.15, 0.2) is 0 Å². The Morgan fingerprint density at radius 3 is 2.00 bits per heavy atom. The molecule has 0 unspecified atom stereocenters. The second-order valence-electron chi connectivity index (χ2n) is 0.678. The molecule has 2 N–H and O–H groups in total. The van der Waals surface area contributed by atoms with E-state index in [9.17, 15) is 0 Å². The average Bonchev–Trinajstić information content (AvgIpc) is 0.811. The van der Waals surface area contributed by atoms with E-state index in [1.165, 1.54) is 0 Å². The third-order valence-corrected chi connectivity index (χ3v) is 0. The van der Waals surface area contributed by atoms with Gasteiger partial charge in [-0.2, -0.15) is 0 Å². The lowest BCUT2D eigenvalue weighted by Gasteiger charge is -1.78. The van der Waals surface area contributed by atoms with Crippen molar-refractivity contribution in [2.45, 2.75) is 12.4 Å². The van der Waals surface area contributed by atoms with Gasteiger partial charge in [-0.3, -0.25) is 0 Å². The molecule has 1 atom stereocenters. The topological polar surface area (TPSA) is 26.0 Å². The lowest BCUT2D eigenvalue weighted by atomic mass is 10.8. The van der Waals surface area contributed by atoms with Crippen LogP contribution >= 0.6 is 11.6 Å². The molecule has 0 aromatic rings. The molecule has 0 aliphatic carbocycles. The molecule has 26 valence electrons. The van der Waals surface area contributed by atoms with Gasteiger partial charge in [-0.25, -0.2) is 0 Å². The van der Waals surface area contributed by atoms with Gasteiger partial charge in [0.1, 0.15) is 0 Å². The standard InChI is InChI=1S/C2H6ClN/c1-2(3)4/h2H,4H2,1H3/t2-/m1/s1. The molecule has 0 fully saturated rings. The molecule has 0 saturated carbocycles. The minimum Gasteiger partial charge on any atom is -0.316 e. The molecule has 0 aromatic carbocycles. The van der Waals surface area contributed by atoms with Crippen LogP contribution in [0.2, 0.25) is 0 Å². The third-order valence-electron chi connectivity index (χ3n) is 0. The van der Waals surface area contributed by atoms with Crippen LogP contribution in [0.1, 0.15) is 6.92 Å². The Balaban J connectivity index is 2.32. The van der Waals surface area contributed by atoms with Crippen molar-refractivity contribution >= 4 is 11.6 Å². The van der Waals surface area contributed by atoms with Gasteiger partial charge in [0.05, 0.1) is 5.50 Å². The third kappa shape index (κ3) is 56.3. The number of hydrogen-bond donors (Lipinski definition) is 1. The van der Waals surface area contributed by atoms with Crippen LogP contribution in [0.3, 0.4) is 0 Å². The number of nitrogens with two attached hydrogens (primary N) is 1. The Kier molecular flexibility index (Phi) is 1.66. The monoisotopic (exact) mass is 79.0 g/mol. The molecule has 0 radical (unpaired) electrons. The van der Waals surface area contributed by atoms with Crippen LogP contribution in [-0.4, -0.2) is 5.50 Å². The van der Waals surface area contributed by atoms with Gasteiger partial charge < -0.3 is 5.73 Å². The summed E-state index contributed by atoms with van der Waals surface area (Å²) < 4.78 is 0. The molecular formula is C2H6ClN. The van der Waals surface area contributed by atoms with E-state index in [2.05, 4.69) is 0 Å². The summed E-state index contributed by atoms with van der Waals surface area (Å²) >= 11 is 5.05.